The fourth-order valence-corrected chi connectivity index (χ4v) is 1.13. The Morgan fingerprint density at radius 3 is 2.38 bits per heavy atom. The summed E-state index contributed by atoms with van der Waals surface area (Å²) < 4.78 is 1.34. The number of tetrazole rings is 1. The number of thiol groups is 1. The second-order valence-corrected chi connectivity index (χ2v) is 2.64. The monoisotopic (exact) mass is 285 g/mol. The minimum Gasteiger partial charge on any atom is -0.168 e. The first-order valence-corrected chi connectivity index (χ1v) is 3.81. The van der Waals surface area contributed by atoms with E-state index in [9.17, 15) is 0 Å². The summed E-state index contributed by atoms with van der Waals surface area (Å²) in [5.74, 6) is 0.652. The van der Waals surface area contributed by atoms with Crippen molar-refractivity contribution in [2.24, 2.45) is 0 Å². The molecule has 71 valence electrons. The van der Waals surface area contributed by atoms with E-state index in [0.29, 0.717) is 5.82 Å². The van der Waals surface area contributed by atoms with Gasteiger partial charge in [-0.25, -0.2) is 0 Å². The largest absolute Gasteiger partial charge is 0.193 e. The summed E-state index contributed by atoms with van der Waals surface area (Å²) in [6, 6.07) is 9.66. The van der Waals surface area contributed by atoms with Crippen molar-refractivity contribution < 1.29 is 22.4 Å². The second-order valence-electron chi connectivity index (χ2n) is 2.26. The zero-order valence-electron chi connectivity index (χ0n) is 6.42. The van der Waals surface area contributed by atoms with Crippen molar-refractivity contribution in [2.45, 2.75) is 0 Å². The molecule has 0 spiro atoms. The molecule has 1 aromatic carbocycles. The Hall–Kier alpha value is -0.620. The molecule has 0 bridgehead atoms. The van der Waals surface area contributed by atoms with Crippen LogP contribution in [-0.4, -0.2) is 19.6 Å². The molecule has 0 aliphatic heterocycles. The maximum absolute atomic E-state index is 4.04. The first kappa shape index (κ1) is 10.5. The van der Waals surface area contributed by atoms with Crippen LogP contribution in [0.15, 0.2) is 30.3 Å². The van der Waals surface area contributed by atoms with Gasteiger partial charge in [0.1, 0.15) is 0 Å². The molecular weight excluding hydrogens is 280 g/mol. The van der Waals surface area contributed by atoms with Crippen molar-refractivity contribution in [1.29, 1.82) is 0 Å². The molecule has 2 aromatic rings. The van der Waals surface area contributed by atoms with E-state index in [2.05, 4.69) is 28.3 Å². The van der Waals surface area contributed by atoms with Crippen LogP contribution >= 0.6 is 12.8 Å². The quantitative estimate of drug-likeness (QED) is 0.629. The molecule has 4 nitrogen and oxygen atoms in total. The van der Waals surface area contributed by atoms with E-state index in [4.69, 9.17) is 0 Å². The average molecular weight is 286 g/mol. The number of rotatable bonds is 1. The van der Waals surface area contributed by atoms with Crippen LogP contribution in [0.2, 0.25) is 0 Å². The summed E-state index contributed by atoms with van der Waals surface area (Å²) in [6.45, 7) is 0. The van der Waals surface area contributed by atoms with Gasteiger partial charge in [-0.3, -0.25) is 0 Å². The van der Waals surface area contributed by atoms with Crippen molar-refractivity contribution in [2.75, 3.05) is 0 Å². The number of hydrogen-bond donors (Lipinski definition) is 1. The summed E-state index contributed by atoms with van der Waals surface area (Å²) in [7, 11) is 0. The van der Waals surface area contributed by atoms with Gasteiger partial charge in [0.05, 0.1) is 0 Å². The number of benzene rings is 1. The summed E-state index contributed by atoms with van der Waals surface area (Å²) >= 11 is 4.04. The molecule has 6 heteroatoms. The standard InChI is InChI=1S/C7H6N4S.Ag/c12-11-7(8-9-10-11)6-4-2-1-3-5-6;/h1-5,12H;. The second kappa shape index (κ2) is 4.57. The first-order chi connectivity index (χ1) is 5.88. The van der Waals surface area contributed by atoms with Crippen LogP contribution in [0.5, 0.6) is 0 Å². The molecule has 0 saturated heterocycles. The van der Waals surface area contributed by atoms with Gasteiger partial charge in [-0.2, -0.15) is 4.09 Å². The van der Waals surface area contributed by atoms with Crippen molar-refractivity contribution in [3.63, 3.8) is 0 Å². The van der Waals surface area contributed by atoms with E-state index in [1.165, 1.54) is 4.09 Å². The predicted octanol–water partition coefficient (Wildman–Crippen LogP) is 1.03. The summed E-state index contributed by atoms with van der Waals surface area (Å²) in [6.07, 6.45) is 0. The molecule has 13 heavy (non-hydrogen) atoms. The molecule has 2 rings (SSSR count). The fraction of sp³-hybridized carbons (Fsp3) is 0. The minimum atomic E-state index is 0. The van der Waals surface area contributed by atoms with Gasteiger partial charge < -0.3 is 0 Å². The van der Waals surface area contributed by atoms with Crippen LogP contribution in [-0.2, 0) is 22.4 Å². The third kappa shape index (κ3) is 2.19. The molecular formula is C7H6AgN4S. The number of aromatic nitrogens is 4. The molecule has 0 N–H and O–H groups in total. The third-order valence-corrected chi connectivity index (χ3v) is 1.76. The van der Waals surface area contributed by atoms with Crippen molar-refractivity contribution in [3.05, 3.63) is 30.3 Å². The van der Waals surface area contributed by atoms with Gasteiger partial charge in [-0.05, 0) is 23.2 Å². The summed E-state index contributed by atoms with van der Waals surface area (Å²) in [4.78, 5) is 0. The van der Waals surface area contributed by atoms with E-state index in [1.807, 2.05) is 30.3 Å². The van der Waals surface area contributed by atoms with Crippen molar-refractivity contribution >= 4 is 12.8 Å². The fourth-order valence-electron chi connectivity index (χ4n) is 0.943. The smallest absolute Gasteiger partial charge is 0.168 e. The van der Waals surface area contributed by atoms with E-state index in [1.54, 1.807) is 0 Å². The molecule has 1 aromatic heterocycles. The van der Waals surface area contributed by atoms with Gasteiger partial charge >= 0.3 is 0 Å². The van der Waals surface area contributed by atoms with E-state index in [-0.39, 0.29) is 22.4 Å². The van der Waals surface area contributed by atoms with Crippen LogP contribution < -0.4 is 0 Å². The molecule has 0 atom stereocenters. The molecule has 1 heterocycles. The Kier molecular flexibility index (Phi) is 3.68. The Morgan fingerprint density at radius 1 is 1.15 bits per heavy atom. The Morgan fingerprint density at radius 2 is 1.85 bits per heavy atom. The zero-order chi connectivity index (χ0) is 8.39. The van der Waals surface area contributed by atoms with Crippen LogP contribution in [0.4, 0.5) is 0 Å². The van der Waals surface area contributed by atoms with E-state index < -0.39 is 0 Å². The topological polar surface area (TPSA) is 43.6 Å². The van der Waals surface area contributed by atoms with Crippen LogP contribution in [0.3, 0.4) is 0 Å². The van der Waals surface area contributed by atoms with Crippen LogP contribution in [0, 0.1) is 0 Å². The number of nitrogens with zero attached hydrogens (tertiary/aromatic N) is 4. The van der Waals surface area contributed by atoms with Gasteiger partial charge in [0.15, 0.2) is 5.82 Å². The summed E-state index contributed by atoms with van der Waals surface area (Å²) in [5, 5.41) is 10.9. The first-order valence-electron chi connectivity index (χ1n) is 3.41. The Labute approximate surface area is 96.4 Å². The SMILES string of the molecule is Sn1nnnc1-c1ccccc1.[Ag]. The minimum absolute atomic E-state index is 0. The van der Waals surface area contributed by atoms with Gasteiger partial charge in [0.25, 0.3) is 0 Å². The van der Waals surface area contributed by atoms with Gasteiger partial charge in [0.2, 0.25) is 0 Å². The van der Waals surface area contributed by atoms with Gasteiger partial charge in [-0.1, -0.05) is 30.3 Å². The molecule has 0 amide bonds. The van der Waals surface area contributed by atoms with Crippen LogP contribution in [0.1, 0.15) is 0 Å². The maximum Gasteiger partial charge on any atom is 0.193 e. The van der Waals surface area contributed by atoms with Gasteiger partial charge in [0, 0.05) is 27.9 Å². The predicted molar refractivity (Wildman–Crippen MR) is 47.6 cm³/mol. The normalized spacial score (nSPS) is 9.31. The molecule has 0 saturated carbocycles. The van der Waals surface area contributed by atoms with E-state index in [0.717, 1.165) is 5.56 Å². The average Bonchev–Trinajstić information content (AvgIpc) is 2.53. The summed E-state index contributed by atoms with van der Waals surface area (Å²) in [5.41, 5.74) is 0.956. The Balaban J connectivity index is 0.000000845. The molecule has 0 aliphatic carbocycles. The maximum atomic E-state index is 4.04. The zero-order valence-corrected chi connectivity index (χ0v) is 8.80. The Bertz CT molecular complexity index is 375. The molecule has 1 radical (unpaired) electrons. The molecule has 0 unspecified atom stereocenters. The molecule has 0 aliphatic rings. The number of hydrogen-bond acceptors (Lipinski definition) is 4. The third-order valence-electron chi connectivity index (χ3n) is 1.49. The van der Waals surface area contributed by atoms with Gasteiger partial charge in [-0.15, -0.1) is 5.10 Å². The van der Waals surface area contributed by atoms with Crippen molar-refractivity contribution in [1.82, 2.24) is 19.6 Å². The van der Waals surface area contributed by atoms with Crippen LogP contribution in [0.25, 0.3) is 11.4 Å². The van der Waals surface area contributed by atoms with E-state index >= 15 is 0 Å². The molecule has 0 fully saturated rings. The van der Waals surface area contributed by atoms with Crippen molar-refractivity contribution in [3.8, 4) is 11.4 Å².